The SMILES string of the molecule is COCCNC(=O)c1ccc(C2CC(OC)CCN2Cc2c(OC)cc(C)c3[nH]ccc23)cc1. The standard InChI is InChI=1S/C27H35N3O4/c1-18-15-25(34-4)23(22-9-11-28-26(18)22)17-30-13-10-21(33-3)16-24(30)19-5-7-20(8-6-19)27(31)29-12-14-32-2/h5-9,11,15,21,24,28H,10,12-14,16-17H2,1-4H3,(H,29,31). The zero-order chi connectivity index (χ0) is 24.1. The van der Waals surface area contributed by atoms with Crippen LogP contribution in [0.2, 0.25) is 0 Å². The molecule has 1 fully saturated rings. The normalized spacial score (nSPS) is 18.8. The molecule has 2 aromatic carbocycles. The largest absolute Gasteiger partial charge is 0.496 e. The molecule has 4 rings (SSSR count). The first-order chi connectivity index (χ1) is 16.5. The number of nitrogens with one attached hydrogen (secondary N) is 2. The van der Waals surface area contributed by atoms with E-state index >= 15 is 0 Å². The van der Waals surface area contributed by atoms with Crippen LogP contribution in [0, 0.1) is 6.92 Å². The fourth-order valence-corrected chi connectivity index (χ4v) is 4.94. The fraction of sp³-hybridized carbons (Fsp3) is 0.444. The van der Waals surface area contributed by atoms with Gasteiger partial charge in [-0.2, -0.15) is 0 Å². The number of piperidine rings is 1. The van der Waals surface area contributed by atoms with E-state index in [1.165, 1.54) is 22.1 Å². The van der Waals surface area contributed by atoms with Crippen molar-refractivity contribution in [1.29, 1.82) is 0 Å². The van der Waals surface area contributed by atoms with Crippen molar-refractivity contribution >= 4 is 16.8 Å². The summed E-state index contributed by atoms with van der Waals surface area (Å²) in [5, 5.41) is 4.08. The van der Waals surface area contributed by atoms with Gasteiger partial charge in [0.15, 0.2) is 0 Å². The molecule has 1 aliphatic heterocycles. The number of ether oxygens (including phenoxy) is 3. The first-order valence-corrected chi connectivity index (χ1v) is 11.8. The van der Waals surface area contributed by atoms with Crippen LogP contribution in [0.1, 0.15) is 45.9 Å². The van der Waals surface area contributed by atoms with Gasteiger partial charge < -0.3 is 24.5 Å². The minimum absolute atomic E-state index is 0.0851. The number of likely N-dealkylation sites (tertiary alicyclic amines) is 1. The molecule has 2 heterocycles. The van der Waals surface area contributed by atoms with Crippen LogP contribution in [0.15, 0.2) is 42.6 Å². The highest BCUT2D eigenvalue weighted by molar-refractivity contribution is 5.94. The van der Waals surface area contributed by atoms with Crippen LogP contribution in [0.4, 0.5) is 0 Å². The Kier molecular flexibility index (Phi) is 7.88. The van der Waals surface area contributed by atoms with Gasteiger partial charge >= 0.3 is 0 Å². The van der Waals surface area contributed by atoms with E-state index in [2.05, 4.69) is 46.4 Å². The van der Waals surface area contributed by atoms with Crippen LogP contribution < -0.4 is 10.1 Å². The molecular weight excluding hydrogens is 430 g/mol. The fourth-order valence-electron chi connectivity index (χ4n) is 4.94. The van der Waals surface area contributed by atoms with Gasteiger partial charge in [0.05, 0.1) is 19.8 Å². The number of aryl methyl sites for hydroxylation is 1. The van der Waals surface area contributed by atoms with Gasteiger partial charge in [0.25, 0.3) is 5.91 Å². The quantitative estimate of drug-likeness (QED) is 0.463. The lowest BCUT2D eigenvalue weighted by atomic mass is 9.91. The summed E-state index contributed by atoms with van der Waals surface area (Å²) in [5.41, 5.74) is 5.36. The van der Waals surface area contributed by atoms with Gasteiger partial charge in [-0.3, -0.25) is 9.69 Å². The van der Waals surface area contributed by atoms with Crippen molar-refractivity contribution in [1.82, 2.24) is 15.2 Å². The van der Waals surface area contributed by atoms with Gasteiger partial charge in [0.1, 0.15) is 5.75 Å². The summed E-state index contributed by atoms with van der Waals surface area (Å²) in [7, 11) is 5.15. The highest BCUT2D eigenvalue weighted by Gasteiger charge is 2.31. The average Bonchev–Trinajstić information content (AvgIpc) is 3.37. The maximum Gasteiger partial charge on any atom is 0.251 e. The van der Waals surface area contributed by atoms with Crippen LogP contribution in [0.3, 0.4) is 0 Å². The minimum atomic E-state index is -0.0851. The van der Waals surface area contributed by atoms with Gasteiger partial charge in [-0.1, -0.05) is 12.1 Å². The van der Waals surface area contributed by atoms with E-state index < -0.39 is 0 Å². The second-order valence-electron chi connectivity index (χ2n) is 8.88. The molecule has 34 heavy (non-hydrogen) atoms. The third-order valence-electron chi connectivity index (χ3n) is 6.84. The molecule has 0 radical (unpaired) electrons. The first-order valence-electron chi connectivity index (χ1n) is 11.8. The zero-order valence-corrected chi connectivity index (χ0v) is 20.5. The van der Waals surface area contributed by atoms with E-state index in [1.807, 2.05) is 18.3 Å². The predicted octanol–water partition coefficient (Wildman–Crippen LogP) is 4.21. The summed E-state index contributed by atoms with van der Waals surface area (Å²) >= 11 is 0. The topological polar surface area (TPSA) is 75.8 Å². The molecule has 1 aliphatic rings. The molecular formula is C27H35N3O4. The van der Waals surface area contributed by atoms with Crippen molar-refractivity contribution in [3.8, 4) is 5.75 Å². The van der Waals surface area contributed by atoms with Crippen LogP contribution in [0.25, 0.3) is 10.9 Å². The number of carbonyl (C=O) groups excluding carboxylic acids is 1. The van der Waals surface area contributed by atoms with Gasteiger partial charge in [0.2, 0.25) is 0 Å². The maximum absolute atomic E-state index is 12.4. The van der Waals surface area contributed by atoms with E-state index in [1.54, 1.807) is 21.3 Å². The van der Waals surface area contributed by atoms with Crippen molar-refractivity contribution in [2.45, 2.75) is 38.5 Å². The molecule has 7 nitrogen and oxygen atoms in total. The number of rotatable bonds is 9. The number of benzene rings is 2. The number of H-pyrrole nitrogens is 1. The summed E-state index contributed by atoms with van der Waals surface area (Å²) in [6.07, 6.45) is 4.09. The number of aromatic amines is 1. The lowest BCUT2D eigenvalue weighted by Crippen LogP contribution is -2.39. The number of methoxy groups -OCH3 is 3. The number of fused-ring (bicyclic) bond motifs is 1. The van der Waals surface area contributed by atoms with Gasteiger partial charge in [0, 0.05) is 68.1 Å². The van der Waals surface area contributed by atoms with Crippen molar-refractivity contribution in [3.63, 3.8) is 0 Å². The van der Waals surface area contributed by atoms with Crippen LogP contribution in [0.5, 0.6) is 5.75 Å². The molecule has 0 aliphatic carbocycles. The Labute approximate surface area is 201 Å². The number of hydrogen-bond donors (Lipinski definition) is 2. The zero-order valence-electron chi connectivity index (χ0n) is 20.5. The van der Waals surface area contributed by atoms with E-state index in [-0.39, 0.29) is 18.1 Å². The molecule has 2 atom stereocenters. The Morgan fingerprint density at radius 2 is 1.97 bits per heavy atom. The lowest BCUT2D eigenvalue weighted by Gasteiger charge is -2.39. The summed E-state index contributed by atoms with van der Waals surface area (Å²) in [5.74, 6) is 0.832. The number of amides is 1. The van der Waals surface area contributed by atoms with Gasteiger partial charge in [-0.15, -0.1) is 0 Å². The molecule has 0 spiro atoms. The summed E-state index contributed by atoms with van der Waals surface area (Å²) in [6.45, 7) is 4.79. The van der Waals surface area contributed by atoms with Crippen LogP contribution in [-0.4, -0.2) is 62.9 Å². The van der Waals surface area contributed by atoms with E-state index in [9.17, 15) is 4.79 Å². The number of nitrogens with zero attached hydrogens (tertiary/aromatic N) is 1. The second kappa shape index (κ2) is 11.0. The van der Waals surface area contributed by atoms with Crippen molar-refractivity contribution in [2.24, 2.45) is 0 Å². The highest BCUT2D eigenvalue weighted by Crippen LogP contribution is 2.37. The Balaban J connectivity index is 1.59. The van der Waals surface area contributed by atoms with Crippen molar-refractivity contribution in [3.05, 3.63) is 64.8 Å². The molecule has 1 saturated heterocycles. The second-order valence-corrected chi connectivity index (χ2v) is 8.88. The number of carbonyl (C=O) groups is 1. The smallest absolute Gasteiger partial charge is 0.251 e. The number of hydrogen-bond acceptors (Lipinski definition) is 5. The molecule has 182 valence electrons. The molecule has 1 amide bonds. The van der Waals surface area contributed by atoms with Crippen LogP contribution in [-0.2, 0) is 16.0 Å². The molecule has 2 N–H and O–H groups in total. The van der Waals surface area contributed by atoms with E-state index in [0.717, 1.165) is 37.2 Å². The molecule has 1 aromatic heterocycles. The average molecular weight is 466 g/mol. The Bertz CT molecular complexity index is 1110. The van der Waals surface area contributed by atoms with Gasteiger partial charge in [-0.05, 0) is 55.2 Å². The third kappa shape index (κ3) is 5.12. The Morgan fingerprint density at radius 3 is 2.68 bits per heavy atom. The van der Waals surface area contributed by atoms with Crippen molar-refractivity contribution in [2.75, 3.05) is 41.0 Å². The molecule has 2 unspecified atom stereocenters. The molecule has 3 aromatic rings. The van der Waals surface area contributed by atoms with E-state index in [0.29, 0.717) is 18.7 Å². The van der Waals surface area contributed by atoms with Crippen LogP contribution >= 0.6 is 0 Å². The molecule has 0 saturated carbocycles. The molecule has 7 heteroatoms. The summed E-state index contributed by atoms with van der Waals surface area (Å²) in [6, 6.07) is 12.4. The number of aromatic nitrogens is 1. The predicted molar refractivity (Wildman–Crippen MR) is 133 cm³/mol. The third-order valence-corrected chi connectivity index (χ3v) is 6.84. The minimum Gasteiger partial charge on any atom is -0.496 e. The summed E-state index contributed by atoms with van der Waals surface area (Å²) < 4.78 is 16.5. The lowest BCUT2D eigenvalue weighted by molar-refractivity contribution is 0.00676. The monoisotopic (exact) mass is 465 g/mol. The molecule has 0 bridgehead atoms. The highest BCUT2D eigenvalue weighted by atomic mass is 16.5. The summed E-state index contributed by atoms with van der Waals surface area (Å²) in [4.78, 5) is 18.3. The van der Waals surface area contributed by atoms with E-state index in [4.69, 9.17) is 14.2 Å². The Hall–Kier alpha value is -2.87. The van der Waals surface area contributed by atoms with Gasteiger partial charge in [-0.25, -0.2) is 0 Å². The van der Waals surface area contributed by atoms with Crippen molar-refractivity contribution < 1.29 is 19.0 Å². The maximum atomic E-state index is 12.4. The first kappa shape index (κ1) is 24.3. The Morgan fingerprint density at radius 1 is 1.18 bits per heavy atom.